The van der Waals surface area contributed by atoms with Crippen LogP contribution >= 0.6 is 22.9 Å². The fraction of sp³-hybridized carbons (Fsp3) is 0.158. The number of aromatic nitrogens is 1. The van der Waals surface area contributed by atoms with Crippen molar-refractivity contribution in [1.29, 1.82) is 0 Å². The zero-order valence-electron chi connectivity index (χ0n) is 15.1. The standard InChI is InChI=1S/C19H17ClN2O4S2/c1-12-3-5-13(6-4-12)26-10-18-21-17(11-27-18)19(23)22-16-9-14(28(2,24)25)7-8-15(16)20/h3-9,11H,10H2,1-2H3,(H,22,23). The third-order valence-electron chi connectivity index (χ3n) is 3.78. The monoisotopic (exact) mass is 436 g/mol. The molecule has 0 aliphatic heterocycles. The molecule has 2 aromatic carbocycles. The lowest BCUT2D eigenvalue weighted by Gasteiger charge is -2.08. The summed E-state index contributed by atoms with van der Waals surface area (Å²) in [4.78, 5) is 16.8. The summed E-state index contributed by atoms with van der Waals surface area (Å²) in [7, 11) is -3.41. The summed E-state index contributed by atoms with van der Waals surface area (Å²) in [5.74, 6) is 0.238. The predicted octanol–water partition coefficient (Wildman–Crippen LogP) is 4.34. The van der Waals surface area contributed by atoms with Gasteiger partial charge in [-0.05, 0) is 37.3 Å². The van der Waals surface area contributed by atoms with Crippen LogP contribution in [0.3, 0.4) is 0 Å². The van der Waals surface area contributed by atoms with Crippen LogP contribution in [0, 0.1) is 6.92 Å². The van der Waals surface area contributed by atoms with Gasteiger partial charge in [-0.15, -0.1) is 11.3 Å². The van der Waals surface area contributed by atoms with E-state index in [0.717, 1.165) is 17.6 Å². The van der Waals surface area contributed by atoms with Gasteiger partial charge in [0.25, 0.3) is 5.91 Å². The number of nitrogens with zero attached hydrogens (tertiary/aromatic N) is 1. The molecule has 0 spiro atoms. The summed E-state index contributed by atoms with van der Waals surface area (Å²) in [6.45, 7) is 2.23. The van der Waals surface area contributed by atoms with E-state index in [1.54, 1.807) is 5.38 Å². The summed E-state index contributed by atoms with van der Waals surface area (Å²) in [6.07, 6.45) is 1.09. The van der Waals surface area contributed by atoms with Crippen molar-refractivity contribution in [3.63, 3.8) is 0 Å². The zero-order valence-corrected chi connectivity index (χ0v) is 17.5. The number of anilines is 1. The van der Waals surface area contributed by atoms with Gasteiger partial charge in [0.1, 0.15) is 23.1 Å². The Labute approximate surface area is 172 Å². The van der Waals surface area contributed by atoms with Crippen molar-refractivity contribution in [3.8, 4) is 5.75 Å². The minimum atomic E-state index is -3.41. The van der Waals surface area contributed by atoms with Crippen molar-refractivity contribution in [3.05, 3.63) is 69.1 Å². The Kier molecular flexibility index (Phi) is 6.02. The van der Waals surface area contributed by atoms with Crippen LogP contribution in [0.4, 0.5) is 5.69 Å². The number of amides is 1. The van der Waals surface area contributed by atoms with E-state index >= 15 is 0 Å². The topological polar surface area (TPSA) is 85.4 Å². The molecule has 1 heterocycles. The van der Waals surface area contributed by atoms with Gasteiger partial charge in [0.05, 0.1) is 15.6 Å². The van der Waals surface area contributed by atoms with Crippen LogP contribution in [0.2, 0.25) is 5.02 Å². The van der Waals surface area contributed by atoms with Gasteiger partial charge in [-0.1, -0.05) is 29.3 Å². The highest BCUT2D eigenvalue weighted by Crippen LogP contribution is 2.26. The van der Waals surface area contributed by atoms with E-state index in [0.29, 0.717) is 5.01 Å². The fourth-order valence-corrected chi connectivity index (χ4v) is 3.78. The molecule has 146 valence electrons. The van der Waals surface area contributed by atoms with Crippen molar-refractivity contribution in [2.24, 2.45) is 0 Å². The third-order valence-corrected chi connectivity index (χ3v) is 6.04. The van der Waals surface area contributed by atoms with E-state index in [-0.39, 0.29) is 27.9 Å². The number of ether oxygens (including phenoxy) is 1. The van der Waals surface area contributed by atoms with E-state index in [4.69, 9.17) is 16.3 Å². The van der Waals surface area contributed by atoms with Gasteiger partial charge in [0, 0.05) is 11.6 Å². The number of halogens is 1. The Balaban J connectivity index is 1.68. The van der Waals surface area contributed by atoms with Gasteiger partial charge < -0.3 is 10.1 Å². The van der Waals surface area contributed by atoms with Crippen LogP contribution in [-0.2, 0) is 16.4 Å². The molecule has 0 fully saturated rings. The number of sulfone groups is 1. The smallest absolute Gasteiger partial charge is 0.275 e. The maximum Gasteiger partial charge on any atom is 0.275 e. The second kappa shape index (κ2) is 8.30. The Morgan fingerprint density at radius 2 is 1.93 bits per heavy atom. The Morgan fingerprint density at radius 1 is 1.21 bits per heavy atom. The van der Waals surface area contributed by atoms with Gasteiger partial charge in [-0.3, -0.25) is 4.79 Å². The van der Waals surface area contributed by atoms with E-state index in [1.807, 2.05) is 31.2 Å². The molecule has 0 aliphatic carbocycles. The fourth-order valence-electron chi connectivity index (χ4n) is 2.28. The first-order valence-electron chi connectivity index (χ1n) is 8.17. The normalized spacial score (nSPS) is 11.2. The lowest BCUT2D eigenvalue weighted by molar-refractivity contribution is 0.102. The maximum atomic E-state index is 12.4. The molecule has 0 atom stereocenters. The third kappa shape index (κ3) is 5.09. The molecule has 0 saturated carbocycles. The molecular weight excluding hydrogens is 420 g/mol. The molecule has 6 nitrogen and oxygen atoms in total. The minimum absolute atomic E-state index is 0.0673. The number of thiazole rings is 1. The SMILES string of the molecule is Cc1ccc(OCc2nc(C(=O)Nc3cc(S(C)(=O)=O)ccc3Cl)cs2)cc1. The summed E-state index contributed by atoms with van der Waals surface area (Å²) in [5.41, 5.74) is 1.55. The van der Waals surface area contributed by atoms with Crippen LogP contribution in [0.1, 0.15) is 21.1 Å². The van der Waals surface area contributed by atoms with Gasteiger partial charge in [0.15, 0.2) is 9.84 Å². The Bertz CT molecular complexity index is 1110. The number of benzene rings is 2. The predicted molar refractivity (Wildman–Crippen MR) is 110 cm³/mol. The maximum absolute atomic E-state index is 12.4. The van der Waals surface area contributed by atoms with Gasteiger partial charge in [-0.25, -0.2) is 13.4 Å². The van der Waals surface area contributed by atoms with Gasteiger partial charge in [0.2, 0.25) is 0 Å². The number of hydrogen-bond acceptors (Lipinski definition) is 6. The molecule has 0 aliphatic rings. The minimum Gasteiger partial charge on any atom is -0.486 e. The Morgan fingerprint density at radius 3 is 2.61 bits per heavy atom. The molecule has 3 aromatic rings. The average molecular weight is 437 g/mol. The summed E-state index contributed by atoms with van der Waals surface area (Å²) >= 11 is 7.36. The van der Waals surface area contributed by atoms with Crippen molar-refractivity contribution in [2.75, 3.05) is 11.6 Å². The second-order valence-corrected chi connectivity index (χ2v) is 9.46. The number of rotatable bonds is 6. The summed E-state index contributed by atoms with van der Waals surface area (Å²) in [5, 5.41) is 5.08. The van der Waals surface area contributed by atoms with Crippen LogP contribution in [0.5, 0.6) is 5.75 Å². The molecule has 0 bridgehead atoms. The molecule has 0 radical (unpaired) electrons. The molecule has 0 saturated heterocycles. The van der Waals surface area contributed by atoms with Crippen molar-refractivity contribution in [2.45, 2.75) is 18.4 Å². The van der Waals surface area contributed by atoms with Crippen LogP contribution < -0.4 is 10.1 Å². The zero-order chi connectivity index (χ0) is 20.3. The molecule has 1 amide bonds. The number of aryl methyl sites for hydroxylation is 1. The highest BCUT2D eigenvalue weighted by molar-refractivity contribution is 7.90. The highest BCUT2D eigenvalue weighted by Gasteiger charge is 2.15. The molecule has 1 N–H and O–H groups in total. The number of carbonyl (C=O) groups is 1. The van der Waals surface area contributed by atoms with Crippen molar-refractivity contribution in [1.82, 2.24) is 4.98 Å². The van der Waals surface area contributed by atoms with Crippen LogP contribution in [0.15, 0.2) is 52.7 Å². The lowest BCUT2D eigenvalue weighted by atomic mass is 10.2. The quantitative estimate of drug-likeness (QED) is 0.621. The summed E-state index contributed by atoms with van der Waals surface area (Å²) < 4.78 is 29.0. The number of nitrogens with one attached hydrogen (secondary N) is 1. The van der Waals surface area contributed by atoms with E-state index in [2.05, 4.69) is 10.3 Å². The number of hydrogen-bond donors (Lipinski definition) is 1. The van der Waals surface area contributed by atoms with E-state index < -0.39 is 15.7 Å². The number of carbonyl (C=O) groups excluding carboxylic acids is 1. The average Bonchev–Trinajstić information content (AvgIpc) is 3.11. The molecule has 28 heavy (non-hydrogen) atoms. The van der Waals surface area contributed by atoms with Crippen LogP contribution in [0.25, 0.3) is 0 Å². The molecule has 1 aromatic heterocycles. The molecule has 9 heteroatoms. The van der Waals surface area contributed by atoms with E-state index in [9.17, 15) is 13.2 Å². The van der Waals surface area contributed by atoms with E-state index in [1.165, 1.54) is 29.5 Å². The van der Waals surface area contributed by atoms with Crippen molar-refractivity contribution >= 4 is 44.4 Å². The largest absolute Gasteiger partial charge is 0.486 e. The van der Waals surface area contributed by atoms with Gasteiger partial charge in [-0.2, -0.15) is 0 Å². The summed E-state index contributed by atoms with van der Waals surface area (Å²) in [6, 6.07) is 11.8. The van der Waals surface area contributed by atoms with Gasteiger partial charge >= 0.3 is 0 Å². The first kappa shape index (κ1) is 20.3. The highest BCUT2D eigenvalue weighted by atomic mass is 35.5. The molecule has 3 rings (SSSR count). The first-order chi connectivity index (χ1) is 13.2. The molecular formula is C19H17ClN2O4S2. The second-order valence-electron chi connectivity index (χ2n) is 6.10. The molecule has 0 unspecified atom stereocenters. The van der Waals surface area contributed by atoms with Crippen LogP contribution in [-0.4, -0.2) is 25.6 Å². The van der Waals surface area contributed by atoms with Crippen molar-refractivity contribution < 1.29 is 17.9 Å². The lowest BCUT2D eigenvalue weighted by Crippen LogP contribution is -2.13. The first-order valence-corrected chi connectivity index (χ1v) is 11.3. The Hall–Kier alpha value is -2.42.